The van der Waals surface area contributed by atoms with Crippen LogP contribution in [0.3, 0.4) is 0 Å². The normalized spacial score (nSPS) is 20.1. The predicted molar refractivity (Wildman–Crippen MR) is 106 cm³/mol. The van der Waals surface area contributed by atoms with Crippen LogP contribution in [-0.2, 0) is 14.3 Å². The summed E-state index contributed by atoms with van der Waals surface area (Å²) in [5.41, 5.74) is 1.48. The maximum Gasteiger partial charge on any atom is 0.338 e. The van der Waals surface area contributed by atoms with Crippen LogP contribution in [0.4, 0.5) is 5.69 Å². The number of aliphatic hydroxyl groups is 1. The third kappa shape index (κ3) is 4.40. The third-order valence-corrected chi connectivity index (χ3v) is 4.60. The Morgan fingerprint density at radius 2 is 1.86 bits per heavy atom. The van der Waals surface area contributed by atoms with E-state index in [0.29, 0.717) is 11.1 Å². The molecule has 1 saturated heterocycles. The molecule has 0 amide bonds. The molecular formula is C22H23NO5. The number of hydrogen-bond donors (Lipinski definition) is 1. The Labute approximate surface area is 164 Å². The summed E-state index contributed by atoms with van der Waals surface area (Å²) in [7, 11) is 3.91. The van der Waals surface area contributed by atoms with Crippen molar-refractivity contribution in [3.8, 4) is 0 Å². The van der Waals surface area contributed by atoms with Gasteiger partial charge in [0.25, 0.3) is 0 Å². The zero-order chi connectivity index (χ0) is 20.1. The molecule has 0 spiro atoms. The van der Waals surface area contributed by atoms with E-state index in [0.717, 1.165) is 11.3 Å². The molecule has 1 atom stereocenters. The molecular weight excluding hydrogens is 358 g/mol. The van der Waals surface area contributed by atoms with Gasteiger partial charge < -0.3 is 19.5 Å². The van der Waals surface area contributed by atoms with E-state index in [9.17, 15) is 14.7 Å². The van der Waals surface area contributed by atoms with Crippen molar-refractivity contribution in [2.45, 2.75) is 12.0 Å². The van der Waals surface area contributed by atoms with E-state index in [1.807, 2.05) is 43.3 Å². The number of carbonyl (C=O) groups is 2. The summed E-state index contributed by atoms with van der Waals surface area (Å²) in [6, 6.07) is 16.3. The van der Waals surface area contributed by atoms with Crippen molar-refractivity contribution in [1.29, 1.82) is 0 Å². The maximum atomic E-state index is 12.3. The lowest BCUT2D eigenvalue weighted by Crippen LogP contribution is -2.39. The number of carbonyl (C=O) groups excluding carboxylic acids is 2. The average molecular weight is 381 g/mol. The van der Waals surface area contributed by atoms with E-state index in [1.165, 1.54) is 0 Å². The minimum absolute atomic E-state index is 0.167. The van der Waals surface area contributed by atoms with Crippen LogP contribution in [0.1, 0.15) is 22.3 Å². The number of ether oxygens (including phenoxy) is 2. The van der Waals surface area contributed by atoms with Crippen LogP contribution in [-0.4, -0.2) is 50.0 Å². The van der Waals surface area contributed by atoms with E-state index < -0.39 is 24.1 Å². The Hall–Kier alpha value is -3.12. The van der Waals surface area contributed by atoms with Gasteiger partial charge in [0, 0.05) is 31.8 Å². The minimum Gasteiger partial charge on any atom is -0.458 e. The summed E-state index contributed by atoms with van der Waals surface area (Å²) in [5.74, 6) is -1.04. The number of benzene rings is 2. The summed E-state index contributed by atoms with van der Waals surface area (Å²) in [5, 5.41) is 9.80. The smallest absolute Gasteiger partial charge is 0.338 e. The van der Waals surface area contributed by atoms with Gasteiger partial charge in [0.2, 0.25) is 0 Å². The number of aliphatic hydroxyl groups excluding tert-OH is 1. The highest BCUT2D eigenvalue weighted by Crippen LogP contribution is 2.32. The molecule has 2 aromatic rings. The van der Waals surface area contributed by atoms with Crippen LogP contribution in [0, 0.1) is 0 Å². The molecule has 1 unspecified atom stereocenters. The van der Waals surface area contributed by atoms with Gasteiger partial charge in [-0.1, -0.05) is 30.3 Å². The summed E-state index contributed by atoms with van der Waals surface area (Å²) in [6.07, 6.45) is 1.90. The molecule has 1 N–H and O–H groups in total. The zero-order valence-corrected chi connectivity index (χ0v) is 15.9. The quantitative estimate of drug-likeness (QED) is 0.612. The minimum atomic E-state index is -1.25. The Balaban J connectivity index is 1.70. The average Bonchev–Trinajstić information content (AvgIpc) is 3.03. The molecule has 6 nitrogen and oxygen atoms in total. The first-order valence-corrected chi connectivity index (χ1v) is 8.97. The number of cyclic esters (lactones) is 1. The van der Waals surface area contributed by atoms with E-state index in [4.69, 9.17) is 9.47 Å². The van der Waals surface area contributed by atoms with E-state index in [2.05, 4.69) is 0 Å². The molecule has 0 aliphatic carbocycles. The fourth-order valence-corrected chi connectivity index (χ4v) is 2.97. The topological polar surface area (TPSA) is 76.1 Å². The Kier molecular flexibility index (Phi) is 5.80. The van der Waals surface area contributed by atoms with Gasteiger partial charge in [0.1, 0.15) is 6.61 Å². The number of hydrogen-bond acceptors (Lipinski definition) is 6. The van der Waals surface area contributed by atoms with Gasteiger partial charge in [-0.05, 0) is 35.9 Å². The second kappa shape index (κ2) is 8.27. The monoisotopic (exact) mass is 381 g/mol. The molecule has 28 heavy (non-hydrogen) atoms. The maximum absolute atomic E-state index is 12.3. The number of anilines is 1. The first-order valence-electron chi connectivity index (χ1n) is 8.97. The van der Waals surface area contributed by atoms with Gasteiger partial charge >= 0.3 is 11.9 Å². The van der Waals surface area contributed by atoms with Crippen LogP contribution >= 0.6 is 0 Å². The Morgan fingerprint density at radius 1 is 1.18 bits per heavy atom. The number of nitrogens with zero attached hydrogens (tertiary/aromatic N) is 1. The molecule has 3 rings (SSSR count). The number of rotatable bonds is 6. The van der Waals surface area contributed by atoms with Crippen molar-refractivity contribution in [3.05, 3.63) is 71.3 Å². The van der Waals surface area contributed by atoms with E-state index in [1.54, 1.807) is 36.4 Å². The predicted octanol–water partition coefficient (Wildman–Crippen LogP) is 2.67. The first kappa shape index (κ1) is 19.6. The molecule has 0 aromatic heterocycles. The van der Waals surface area contributed by atoms with Gasteiger partial charge in [0.15, 0.2) is 5.60 Å². The van der Waals surface area contributed by atoms with Crippen molar-refractivity contribution in [1.82, 2.24) is 0 Å². The largest absolute Gasteiger partial charge is 0.458 e. The molecule has 0 bridgehead atoms. The molecule has 1 aliphatic rings. The van der Waals surface area contributed by atoms with Crippen molar-refractivity contribution < 1.29 is 24.2 Å². The highest BCUT2D eigenvalue weighted by atomic mass is 16.6. The molecule has 6 heteroatoms. The van der Waals surface area contributed by atoms with Gasteiger partial charge in [-0.15, -0.1) is 0 Å². The van der Waals surface area contributed by atoms with E-state index >= 15 is 0 Å². The molecule has 1 fully saturated rings. The summed E-state index contributed by atoms with van der Waals surface area (Å²) in [6.45, 7) is -0.641. The van der Waals surface area contributed by atoms with Crippen molar-refractivity contribution in [2.75, 3.05) is 32.2 Å². The van der Waals surface area contributed by atoms with Gasteiger partial charge in [-0.2, -0.15) is 0 Å². The van der Waals surface area contributed by atoms with Gasteiger partial charge in [-0.25, -0.2) is 9.59 Å². The SMILES string of the molecule is CN(C)c1ccc(/C=C2\CC(CO)(COC(=O)c3ccccc3)OC2=O)cc1. The fourth-order valence-electron chi connectivity index (χ4n) is 2.97. The van der Waals surface area contributed by atoms with Crippen molar-refractivity contribution >= 4 is 23.7 Å². The van der Waals surface area contributed by atoms with Crippen LogP contribution in [0.5, 0.6) is 0 Å². The lowest BCUT2D eigenvalue weighted by Gasteiger charge is -2.24. The lowest BCUT2D eigenvalue weighted by atomic mass is 9.98. The van der Waals surface area contributed by atoms with Crippen LogP contribution < -0.4 is 4.90 Å². The lowest BCUT2D eigenvalue weighted by molar-refractivity contribution is -0.154. The molecule has 1 aliphatic heterocycles. The Bertz CT molecular complexity index is 874. The highest BCUT2D eigenvalue weighted by molar-refractivity contribution is 5.96. The van der Waals surface area contributed by atoms with Gasteiger partial charge in [0.05, 0.1) is 12.2 Å². The second-order valence-corrected chi connectivity index (χ2v) is 7.01. The third-order valence-electron chi connectivity index (χ3n) is 4.60. The fraction of sp³-hybridized carbons (Fsp3) is 0.273. The number of esters is 2. The summed E-state index contributed by atoms with van der Waals surface area (Å²) < 4.78 is 10.7. The highest BCUT2D eigenvalue weighted by Gasteiger charge is 2.44. The van der Waals surface area contributed by atoms with Crippen LogP contribution in [0.15, 0.2) is 60.2 Å². The summed E-state index contributed by atoms with van der Waals surface area (Å²) in [4.78, 5) is 26.4. The molecule has 0 saturated carbocycles. The first-order chi connectivity index (χ1) is 13.4. The Morgan fingerprint density at radius 3 is 2.46 bits per heavy atom. The van der Waals surface area contributed by atoms with Crippen molar-refractivity contribution in [2.24, 2.45) is 0 Å². The molecule has 2 aromatic carbocycles. The van der Waals surface area contributed by atoms with Crippen LogP contribution in [0.2, 0.25) is 0 Å². The van der Waals surface area contributed by atoms with Crippen LogP contribution in [0.25, 0.3) is 6.08 Å². The van der Waals surface area contributed by atoms with Crippen molar-refractivity contribution in [3.63, 3.8) is 0 Å². The standard InChI is InChI=1S/C22H23NO5/c1-23(2)19-10-8-16(9-11-19)12-18-13-22(14-24,28-21(18)26)15-27-20(25)17-6-4-3-5-7-17/h3-12,24H,13-15H2,1-2H3/b18-12+. The summed E-state index contributed by atoms with van der Waals surface area (Å²) >= 11 is 0. The van der Waals surface area contributed by atoms with E-state index in [-0.39, 0.29) is 13.0 Å². The molecule has 1 heterocycles. The molecule has 0 radical (unpaired) electrons. The zero-order valence-electron chi connectivity index (χ0n) is 15.9. The van der Waals surface area contributed by atoms with Gasteiger partial charge in [-0.3, -0.25) is 0 Å². The second-order valence-electron chi connectivity index (χ2n) is 7.01. The molecule has 146 valence electrons.